The Morgan fingerprint density at radius 1 is 1.26 bits per heavy atom. The van der Waals surface area contributed by atoms with E-state index in [1.54, 1.807) is 25.5 Å². The average molecular weight is 418 g/mol. The highest BCUT2D eigenvalue weighted by atomic mass is 16.2. The van der Waals surface area contributed by atoms with Crippen LogP contribution in [0.5, 0.6) is 0 Å². The number of rotatable bonds is 5. The van der Waals surface area contributed by atoms with E-state index in [4.69, 9.17) is 9.97 Å². The number of pyridine rings is 1. The zero-order valence-corrected chi connectivity index (χ0v) is 17.8. The van der Waals surface area contributed by atoms with E-state index in [9.17, 15) is 4.79 Å². The van der Waals surface area contributed by atoms with Crippen molar-refractivity contribution < 1.29 is 4.79 Å². The van der Waals surface area contributed by atoms with Crippen molar-refractivity contribution in [3.05, 3.63) is 53.7 Å². The highest BCUT2D eigenvalue weighted by Gasteiger charge is 2.45. The summed E-state index contributed by atoms with van der Waals surface area (Å²) < 4.78 is 0. The van der Waals surface area contributed by atoms with Gasteiger partial charge in [-0.05, 0) is 43.9 Å². The second-order valence-electron chi connectivity index (χ2n) is 8.55. The molecule has 3 aromatic rings. The van der Waals surface area contributed by atoms with Gasteiger partial charge in [0.15, 0.2) is 5.82 Å². The molecule has 0 radical (unpaired) electrons. The van der Waals surface area contributed by atoms with Crippen LogP contribution in [0.2, 0.25) is 0 Å². The molecule has 1 atom stereocenters. The Morgan fingerprint density at radius 2 is 2.19 bits per heavy atom. The van der Waals surface area contributed by atoms with E-state index in [-0.39, 0.29) is 11.3 Å². The molecular weight excluding hydrogens is 390 g/mol. The molecule has 160 valence electrons. The quantitative estimate of drug-likeness (QED) is 0.662. The van der Waals surface area contributed by atoms with E-state index in [0.717, 1.165) is 74.5 Å². The number of likely N-dealkylation sites (tertiary alicyclic amines) is 1. The molecule has 1 unspecified atom stereocenters. The second-order valence-corrected chi connectivity index (χ2v) is 8.55. The van der Waals surface area contributed by atoms with Gasteiger partial charge in [0.1, 0.15) is 5.82 Å². The predicted octanol–water partition coefficient (Wildman–Crippen LogP) is 2.74. The molecule has 1 amide bonds. The Balaban J connectivity index is 1.51. The number of piperidine rings is 1. The molecule has 8 heteroatoms. The van der Waals surface area contributed by atoms with Crippen LogP contribution in [0.25, 0.3) is 11.4 Å². The third-order valence-electron chi connectivity index (χ3n) is 6.55. The Hall–Kier alpha value is -3.29. The largest absolute Gasteiger partial charge is 0.369 e. The van der Waals surface area contributed by atoms with Gasteiger partial charge < -0.3 is 10.2 Å². The third kappa shape index (κ3) is 3.78. The fourth-order valence-corrected chi connectivity index (χ4v) is 4.95. The van der Waals surface area contributed by atoms with Crippen molar-refractivity contribution in [2.45, 2.75) is 44.4 Å². The van der Waals surface area contributed by atoms with E-state index in [1.807, 2.05) is 23.1 Å². The van der Waals surface area contributed by atoms with Crippen LogP contribution >= 0.6 is 0 Å². The minimum atomic E-state index is -0.0844. The minimum absolute atomic E-state index is 0.0844. The zero-order chi connectivity index (χ0) is 21.3. The summed E-state index contributed by atoms with van der Waals surface area (Å²) in [6.45, 7) is 4.00. The summed E-state index contributed by atoms with van der Waals surface area (Å²) in [4.78, 5) is 28.3. The SMILES string of the molecule is CC(=O)N1CCCC2(CCc3c(NCCc4ccn[nH]4)nc(-c4cccnc4)nc32)C1. The van der Waals surface area contributed by atoms with Gasteiger partial charge in [0.2, 0.25) is 5.91 Å². The van der Waals surface area contributed by atoms with Crippen molar-refractivity contribution in [2.75, 3.05) is 25.0 Å². The van der Waals surface area contributed by atoms with Crippen molar-refractivity contribution >= 4 is 11.7 Å². The van der Waals surface area contributed by atoms with Crippen LogP contribution in [-0.4, -0.2) is 55.6 Å². The lowest BCUT2D eigenvalue weighted by atomic mass is 9.77. The number of nitrogens with zero attached hydrogens (tertiary/aromatic N) is 5. The molecule has 0 aromatic carbocycles. The van der Waals surface area contributed by atoms with Gasteiger partial charge in [-0.25, -0.2) is 9.97 Å². The summed E-state index contributed by atoms with van der Waals surface area (Å²) in [7, 11) is 0. The lowest BCUT2D eigenvalue weighted by Gasteiger charge is -2.40. The van der Waals surface area contributed by atoms with E-state index in [0.29, 0.717) is 5.82 Å². The Kier molecular flexibility index (Phi) is 5.13. The Labute approximate surface area is 181 Å². The maximum absolute atomic E-state index is 12.1. The summed E-state index contributed by atoms with van der Waals surface area (Å²) in [6, 6.07) is 5.89. The zero-order valence-electron chi connectivity index (χ0n) is 17.8. The number of aromatic amines is 1. The molecule has 0 saturated carbocycles. The van der Waals surface area contributed by atoms with Gasteiger partial charge in [0.05, 0.1) is 5.69 Å². The molecule has 1 fully saturated rings. The molecule has 3 aromatic heterocycles. The summed E-state index contributed by atoms with van der Waals surface area (Å²) >= 11 is 0. The smallest absolute Gasteiger partial charge is 0.219 e. The van der Waals surface area contributed by atoms with Gasteiger partial charge in [0, 0.05) is 73.8 Å². The molecule has 1 aliphatic carbocycles. The van der Waals surface area contributed by atoms with Gasteiger partial charge in [-0.2, -0.15) is 5.10 Å². The summed E-state index contributed by atoms with van der Waals surface area (Å²) in [5, 5.41) is 10.6. The van der Waals surface area contributed by atoms with Crippen LogP contribution in [0, 0.1) is 0 Å². The number of H-pyrrole nitrogens is 1. The van der Waals surface area contributed by atoms with Crippen LogP contribution in [0.1, 0.15) is 43.1 Å². The van der Waals surface area contributed by atoms with Crippen molar-refractivity contribution in [3.63, 3.8) is 0 Å². The van der Waals surface area contributed by atoms with Gasteiger partial charge in [-0.1, -0.05) is 0 Å². The first kappa shape index (κ1) is 19.7. The molecule has 1 aliphatic heterocycles. The van der Waals surface area contributed by atoms with Crippen LogP contribution in [0.3, 0.4) is 0 Å². The highest BCUT2D eigenvalue weighted by molar-refractivity contribution is 5.73. The van der Waals surface area contributed by atoms with Gasteiger partial charge in [0.25, 0.3) is 0 Å². The number of hydrogen-bond acceptors (Lipinski definition) is 6. The lowest BCUT2D eigenvalue weighted by Crippen LogP contribution is -2.47. The van der Waals surface area contributed by atoms with Crippen LogP contribution in [0.15, 0.2) is 36.8 Å². The van der Waals surface area contributed by atoms with Crippen molar-refractivity contribution in [1.82, 2.24) is 30.0 Å². The van der Waals surface area contributed by atoms with Crippen molar-refractivity contribution in [3.8, 4) is 11.4 Å². The molecular formula is C23H27N7O. The fourth-order valence-electron chi connectivity index (χ4n) is 4.95. The second kappa shape index (κ2) is 8.09. The fraction of sp³-hybridized carbons (Fsp3) is 0.435. The Morgan fingerprint density at radius 3 is 2.97 bits per heavy atom. The van der Waals surface area contributed by atoms with Gasteiger partial charge in [-0.15, -0.1) is 0 Å². The molecule has 0 bridgehead atoms. The topological polar surface area (TPSA) is 99.7 Å². The number of anilines is 1. The monoisotopic (exact) mass is 417 g/mol. The van der Waals surface area contributed by atoms with E-state index in [1.165, 1.54) is 5.56 Å². The van der Waals surface area contributed by atoms with Gasteiger partial charge >= 0.3 is 0 Å². The number of amides is 1. The van der Waals surface area contributed by atoms with Crippen LogP contribution in [-0.2, 0) is 23.1 Å². The maximum Gasteiger partial charge on any atom is 0.219 e. The predicted molar refractivity (Wildman–Crippen MR) is 118 cm³/mol. The average Bonchev–Trinajstić information content (AvgIpc) is 3.43. The summed E-state index contributed by atoms with van der Waals surface area (Å²) in [6.07, 6.45) is 10.2. The number of nitrogens with one attached hydrogen (secondary N) is 2. The number of hydrogen-bond donors (Lipinski definition) is 2. The first-order valence-corrected chi connectivity index (χ1v) is 10.9. The molecule has 4 heterocycles. The molecule has 2 N–H and O–H groups in total. The first-order valence-electron chi connectivity index (χ1n) is 10.9. The minimum Gasteiger partial charge on any atom is -0.369 e. The van der Waals surface area contributed by atoms with E-state index in [2.05, 4.69) is 20.5 Å². The van der Waals surface area contributed by atoms with Crippen molar-refractivity contribution in [1.29, 1.82) is 0 Å². The number of carbonyl (C=O) groups excluding carboxylic acids is 1. The molecule has 8 nitrogen and oxygen atoms in total. The molecule has 5 rings (SSSR count). The van der Waals surface area contributed by atoms with Crippen LogP contribution in [0.4, 0.5) is 5.82 Å². The molecule has 1 saturated heterocycles. The number of fused-ring (bicyclic) bond motifs is 2. The van der Waals surface area contributed by atoms with Gasteiger partial charge in [-0.3, -0.25) is 14.9 Å². The molecule has 31 heavy (non-hydrogen) atoms. The van der Waals surface area contributed by atoms with E-state index < -0.39 is 0 Å². The normalized spacial score (nSPS) is 20.1. The maximum atomic E-state index is 12.1. The summed E-state index contributed by atoms with van der Waals surface area (Å²) in [5.74, 6) is 1.74. The number of aromatic nitrogens is 5. The standard InChI is InChI=1S/C23H27N7O/c1-16(31)30-13-3-8-23(15-30)9-5-19-20(23)27-21(17-4-2-10-24-14-17)28-22(19)25-11-6-18-7-12-26-29-18/h2,4,7,10,12,14H,3,5-6,8-9,11,13,15H2,1H3,(H,26,29)(H,25,27,28). The van der Waals surface area contributed by atoms with Crippen LogP contribution < -0.4 is 5.32 Å². The highest BCUT2D eigenvalue weighted by Crippen LogP contribution is 2.46. The Bertz CT molecular complexity index is 1070. The lowest BCUT2D eigenvalue weighted by molar-refractivity contribution is -0.131. The summed E-state index contributed by atoms with van der Waals surface area (Å²) in [5.41, 5.74) is 4.22. The number of carbonyl (C=O) groups is 1. The van der Waals surface area contributed by atoms with E-state index >= 15 is 0 Å². The first-order chi connectivity index (χ1) is 15.1. The van der Waals surface area contributed by atoms with Crippen molar-refractivity contribution in [2.24, 2.45) is 0 Å². The third-order valence-corrected chi connectivity index (χ3v) is 6.55. The molecule has 2 aliphatic rings. The molecule has 1 spiro atoms.